The van der Waals surface area contributed by atoms with Gasteiger partial charge in [-0.3, -0.25) is 4.79 Å². The van der Waals surface area contributed by atoms with E-state index in [2.05, 4.69) is 5.32 Å². The standard InChI is InChI=1S/C12H11FN2O3S/c13-10-5-8(6-14)1-2-11(10)15-12(16)9-3-4-19(17,18)7-9/h1-2,5,9H,3-4,7H2,(H,15,16). The molecule has 7 heteroatoms. The Balaban J connectivity index is 2.10. The van der Waals surface area contributed by atoms with Gasteiger partial charge >= 0.3 is 0 Å². The number of hydrogen-bond donors (Lipinski definition) is 1. The van der Waals surface area contributed by atoms with Crippen molar-refractivity contribution in [3.05, 3.63) is 29.6 Å². The minimum atomic E-state index is -3.15. The summed E-state index contributed by atoms with van der Waals surface area (Å²) in [5.74, 6) is -2.07. The maximum absolute atomic E-state index is 13.6. The van der Waals surface area contributed by atoms with E-state index in [0.717, 1.165) is 6.07 Å². The molecular weight excluding hydrogens is 271 g/mol. The molecule has 1 aliphatic heterocycles. The van der Waals surface area contributed by atoms with E-state index in [9.17, 15) is 17.6 Å². The zero-order valence-corrected chi connectivity index (χ0v) is 10.7. The lowest BCUT2D eigenvalue weighted by Crippen LogP contribution is -2.24. The van der Waals surface area contributed by atoms with Crippen LogP contribution in [0.5, 0.6) is 0 Å². The highest BCUT2D eigenvalue weighted by Gasteiger charge is 2.33. The SMILES string of the molecule is N#Cc1ccc(NC(=O)C2CCS(=O)(=O)C2)c(F)c1. The van der Waals surface area contributed by atoms with Gasteiger partial charge in [0.05, 0.1) is 34.7 Å². The molecule has 1 amide bonds. The van der Waals surface area contributed by atoms with Gasteiger partial charge in [-0.25, -0.2) is 12.8 Å². The van der Waals surface area contributed by atoms with Crippen LogP contribution in [0.4, 0.5) is 10.1 Å². The van der Waals surface area contributed by atoms with Crippen LogP contribution in [-0.4, -0.2) is 25.8 Å². The molecule has 0 spiro atoms. The van der Waals surface area contributed by atoms with Gasteiger partial charge in [0.15, 0.2) is 9.84 Å². The first-order chi connectivity index (χ1) is 8.91. The normalized spacial score (nSPS) is 20.7. The largest absolute Gasteiger partial charge is 0.323 e. The number of hydrogen-bond acceptors (Lipinski definition) is 4. The van der Waals surface area contributed by atoms with Crippen LogP contribution in [0.1, 0.15) is 12.0 Å². The van der Waals surface area contributed by atoms with Gasteiger partial charge in [0, 0.05) is 0 Å². The van der Waals surface area contributed by atoms with Crippen molar-refractivity contribution in [3.8, 4) is 6.07 Å². The van der Waals surface area contributed by atoms with Gasteiger partial charge in [-0.1, -0.05) is 0 Å². The highest BCUT2D eigenvalue weighted by molar-refractivity contribution is 7.91. The Morgan fingerprint density at radius 1 is 1.47 bits per heavy atom. The summed E-state index contributed by atoms with van der Waals surface area (Å²) in [6.45, 7) is 0. The van der Waals surface area contributed by atoms with Crippen molar-refractivity contribution in [3.63, 3.8) is 0 Å². The average molecular weight is 282 g/mol. The van der Waals surface area contributed by atoms with Crippen LogP contribution in [0, 0.1) is 23.1 Å². The Kier molecular flexibility index (Phi) is 3.53. The van der Waals surface area contributed by atoms with E-state index in [-0.39, 0.29) is 29.2 Å². The molecule has 1 fully saturated rings. The summed E-state index contributed by atoms with van der Waals surface area (Å²) < 4.78 is 36.1. The van der Waals surface area contributed by atoms with Crippen molar-refractivity contribution in [1.29, 1.82) is 5.26 Å². The lowest BCUT2D eigenvalue weighted by molar-refractivity contribution is -0.119. The van der Waals surface area contributed by atoms with Gasteiger partial charge in [0.25, 0.3) is 0 Å². The Morgan fingerprint density at radius 2 is 2.21 bits per heavy atom. The van der Waals surface area contributed by atoms with Crippen LogP contribution in [0.25, 0.3) is 0 Å². The number of carbonyl (C=O) groups is 1. The topological polar surface area (TPSA) is 87.0 Å². The third-order valence-electron chi connectivity index (χ3n) is 2.96. The quantitative estimate of drug-likeness (QED) is 0.879. The third-order valence-corrected chi connectivity index (χ3v) is 4.73. The third kappa shape index (κ3) is 3.09. The van der Waals surface area contributed by atoms with E-state index >= 15 is 0 Å². The number of amides is 1. The molecule has 0 bridgehead atoms. The predicted molar refractivity (Wildman–Crippen MR) is 66.5 cm³/mol. The summed E-state index contributed by atoms with van der Waals surface area (Å²) in [6, 6.07) is 5.46. The molecular formula is C12H11FN2O3S. The molecule has 19 heavy (non-hydrogen) atoms. The van der Waals surface area contributed by atoms with Crippen LogP contribution < -0.4 is 5.32 Å². The maximum Gasteiger partial charge on any atom is 0.228 e. The lowest BCUT2D eigenvalue weighted by Gasteiger charge is -2.10. The second-order valence-electron chi connectivity index (χ2n) is 4.40. The van der Waals surface area contributed by atoms with E-state index in [1.54, 1.807) is 6.07 Å². The summed E-state index contributed by atoms with van der Waals surface area (Å²) in [6.07, 6.45) is 0.256. The minimum absolute atomic E-state index is 0.0130. The Morgan fingerprint density at radius 3 is 2.74 bits per heavy atom. The number of benzene rings is 1. The first-order valence-electron chi connectivity index (χ1n) is 5.62. The van der Waals surface area contributed by atoms with Crippen molar-refractivity contribution < 1.29 is 17.6 Å². The summed E-state index contributed by atoms with van der Waals surface area (Å²) in [5, 5.41) is 10.9. The molecule has 1 heterocycles. The van der Waals surface area contributed by atoms with Crippen LogP contribution in [-0.2, 0) is 14.6 Å². The van der Waals surface area contributed by atoms with Gasteiger partial charge in [0.1, 0.15) is 5.82 Å². The van der Waals surface area contributed by atoms with Crippen LogP contribution in [0.2, 0.25) is 0 Å². The molecule has 2 rings (SSSR count). The summed E-state index contributed by atoms with van der Waals surface area (Å²) in [7, 11) is -3.15. The number of nitrogens with zero attached hydrogens (tertiary/aromatic N) is 1. The number of nitrogens with one attached hydrogen (secondary N) is 1. The first-order valence-corrected chi connectivity index (χ1v) is 7.44. The van der Waals surface area contributed by atoms with E-state index in [1.807, 2.05) is 0 Å². The average Bonchev–Trinajstić information content (AvgIpc) is 2.72. The molecule has 100 valence electrons. The molecule has 1 aromatic carbocycles. The van der Waals surface area contributed by atoms with Gasteiger partial charge in [-0.2, -0.15) is 5.26 Å². The number of rotatable bonds is 2. The second kappa shape index (κ2) is 4.97. The van der Waals surface area contributed by atoms with E-state index in [0.29, 0.717) is 0 Å². The Labute approximate surface area is 110 Å². The van der Waals surface area contributed by atoms with E-state index in [1.165, 1.54) is 12.1 Å². The molecule has 1 aliphatic rings. The van der Waals surface area contributed by atoms with Crippen LogP contribution in [0.3, 0.4) is 0 Å². The highest BCUT2D eigenvalue weighted by Crippen LogP contribution is 2.22. The first kappa shape index (κ1) is 13.5. The molecule has 5 nitrogen and oxygen atoms in total. The summed E-state index contributed by atoms with van der Waals surface area (Å²) in [5.41, 5.74) is 0.104. The van der Waals surface area contributed by atoms with Crippen LogP contribution >= 0.6 is 0 Å². The number of halogens is 1. The van der Waals surface area contributed by atoms with Crippen molar-refractivity contribution in [2.75, 3.05) is 16.8 Å². The number of carbonyl (C=O) groups excluding carboxylic acids is 1. The Hall–Kier alpha value is -1.94. The molecule has 1 saturated heterocycles. The predicted octanol–water partition coefficient (Wildman–Crippen LogP) is 1.07. The fourth-order valence-corrected chi connectivity index (χ4v) is 3.66. The van der Waals surface area contributed by atoms with Gasteiger partial charge in [-0.15, -0.1) is 0 Å². The number of nitriles is 1. The molecule has 0 aromatic heterocycles. The summed E-state index contributed by atoms with van der Waals surface area (Å²) >= 11 is 0. The monoisotopic (exact) mass is 282 g/mol. The fraction of sp³-hybridized carbons (Fsp3) is 0.333. The molecule has 1 atom stereocenters. The van der Waals surface area contributed by atoms with E-state index < -0.39 is 27.5 Å². The molecule has 1 unspecified atom stereocenters. The Bertz CT molecular complexity index is 664. The van der Waals surface area contributed by atoms with Gasteiger partial charge < -0.3 is 5.32 Å². The zero-order valence-electron chi connectivity index (χ0n) is 9.89. The fourth-order valence-electron chi connectivity index (χ4n) is 1.92. The second-order valence-corrected chi connectivity index (χ2v) is 6.62. The van der Waals surface area contributed by atoms with Crippen molar-refractivity contribution in [2.45, 2.75) is 6.42 Å². The molecule has 1 N–H and O–H groups in total. The maximum atomic E-state index is 13.6. The molecule has 1 aromatic rings. The zero-order chi connectivity index (χ0) is 14.0. The summed E-state index contributed by atoms with van der Waals surface area (Å²) in [4.78, 5) is 11.8. The van der Waals surface area contributed by atoms with Gasteiger partial charge in [-0.05, 0) is 24.6 Å². The smallest absolute Gasteiger partial charge is 0.228 e. The molecule has 0 aliphatic carbocycles. The number of anilines is 1. The van der Waals surface area contributed by atoms with Gasteiger partial charge in [0.2, 0.25) is 5.91 Å². The van der Waals surface area contributed by atoms with Crippen molar-refractivity contribution >= 4 is 21.4 Å². The molecule has 0 saturated carbocycles. The highest BCUT2D eigenvalue weighted by atomic mass is 32.2. The minimum Gasteiger partial charge on any atom is -0.323 e. The number of sulfone groups is 1. The van der Waals surface area contributed by atoms with E-state index in [4.69, 9.17) is 5.26 Å². The molecule has 0 radical (unpaired) electrons. The van der Waals surface area contributed by atoms with Crippen molar-refractivity contribution in [1.82, 2.24) is 0 Å². The van der Waals surface area contributed by atoms with Crippen LogP contribution in [0.15, 0.2) is 18.2 Å². The van der Waals surface area contributed by atoms with Crippen molar-refractivity contribution in [2.24, 2.45) is 5.92 Å². The lowest BCUT2D eigenvalue weighted by atomic mass is 10.1.